The van der Waals surface area contributed by atoms with Crippen LogP contribution in [0.2, 0.25) is 0 Å². The lowest BCUT2D eigenvalue weighted by Gasteiger charge is -2.22. The standard InChI is InChI=1S/C15H18N2OS/c1-4-17(5-2)15-11(3)13(18)16-14(19-15)12-9-7-6-8-10-12/h6-10H,4-5H2,1-3H3. The summed E-state index contributed by atoms with van der Waals surface area (Å²) in [6, 6.07) is 9.86. The molecular formula is C15H18N2OS. The summed E-state index contributed by atoms with van der Waals surface area (Å²) in [5.41, 5.74) is 1.62. The van der Waals surface area contributed by atoms with E-state index in [9.17, 15) is 4.79 Å². The van der Waals surface area contributed by atoms with Crippen LogP contribution in [-0.2, 0) is 0 Å². The number of hydrogen-bond donors (Lipinski definition) is 0. The van der Waals surface area contributed by atoms with Crippen molar-refractivity contribution in [2.75, 3.05) is 18.0 Å². The third kappa shape index (κ3) is 2.84. The van der Waals surface area contributed by atoms with Crippen molar-refractivity contribution in [3.63, 3.8) is 0 Å². The highest BCUT2D eigenvalue weighted by Crippen LogP contribution is 2.30. The fraction of sp³-hybridized carbons (Fsp3) is 0.333. The van der Waals surface area contributed by atoms with Crippen LogP contribution in [0, 0.1) is 6.92 Å². The SMILES string of the molecule is CCN(CC)c1sc(-c2ccccc2)nc(=O)c1C. The van der Waals surface area contributed by atoms with E-state index in [0.29, 0.717) is 0 Å². The van der Waals surface area contributed by atoms with Crippen LogP contribution in [0.5, 0.6) is 0 Å². The molecule has 0 aliphatic carbocycles. The maximum Gasteiger partial charge on any atom is 0.276 e. The van der Waals surface area contributed by atoms with Crippen LogP contribution < -0.4 is 10.5 Å². The Morgan fingerprint density at radius 3 is 2.37 bits per heavy atom. The fourth-order valence-electron chi connectivity index (χ4n) is 1.98. The molecule has 0 N–H and O–H groups in total. The molecule has 1 aromatic heterocycles. The molecule has 0 radical (unpaired) electrons. The van der Waals surface area contributed by atoms with Gasteiger partial charge in [-0.3, -0.25) is 4.79 Å². The summed E-state index contributed by atoms with van der Waals surface area (Å²) in [6.07, 6.45) is 0. The highest BCUT2D eigenvalue weighted by molar-refractivity contribution is 7.18. The second-order valence-corrected chi connectivity index (χ2v) is 5.27. The van der Waals surface area contributed by atoms with Gasteiger partial charge in [-0.1, -0.05) is 41.7 Å². The third-order valence-corrected chi connectivity index (χ3v) is 4.39. The van der Waals surface area contributed by atoms with Crippen LogP contribution in [0.1, 0.15) is 19.4 Å². The molecule has 1 aromatic carbocycles. The van der Waals surface area contributed by atoms with Gasteiger partial charge in [-0.25, -0.2) is 0 Å². The molecule has 19 heavy (non-hydrogen) atoms. The Balaban J connectivity index is 2.57. The van der Waals surface area contributed by atoms with Gasteiger partial charge in [0.25, 0.3) is 5.56 Å². The summed E-state index contributed by atoms with van der Waals surface area (Å²) in [6.45, 7) is 7.84. The van der Waals surface area contributed by atoms with Crippen LogP contribution in [0.3, 0.4) is 0 Å². The largest absolute Gasteiger partial charge is 0.364 e. The number of rotatable bonds is 4. The summed E-state index contributed by atoms with van der Waals surface area (Å²) in [4.78, 5) is 18.4. The lowest BCUT2D eigenvalue weighted by atomic mass is 10.2. The second kappa shape index (κ2) is 5.97. The Morgan fingerprint density at radius 2 is 1.79 bits per heavy atom. The van der Waals surface area contributed by atoms with Gasteiger partial charge < -0.3 is 4.90 Å². The van der Waals surface area contributed by atoms with E-state index in [4.69, 9.17) is 0 Å². The van der Waals surface area contributed by atoms with Crippen LogP contribution in [0.25, 0.3) is 10.6 Å². The quantitative estimate of drug-likeness (QED) is 0.857. The number of nitrogens with zero attached hydrogens (tertiary/aromatic N) is 2. The first kappa shape index (κ1) is 13.7. The van der Waals surface area contributed by atoms with Crippen LogP contribution >= 0.6 is 11.3 Å². The lowest BCUT2D eigenvalue weighted by molar-refractivity contribution is 0.869. The molecule has 1 heterocycles. The van der Waals surface area contributed by atoms with Crippen LogP contribution in [0.4, 0.5) is 5.00 Å². The Kier molecular flexibility index (Phi) is 4.32. The zero-order valence-electron chi connectivity index (χ0n) is 11.5. The van der Waals surface area contributed by atoms with Gasteiger partial charge in [0.15, 0.2) is 0 Å². The molecule has 0 fully saturated rings. The summed E-state index contributed by atoms with van der Waals surface area (Å²) in [5, 5.41) is 1.82. The van der Waals surface area contributed by atoms with Gasteiger partial charge >= 0.3 is 0 Å². The predicted molar refractivity (Wildman–Crippen MR) is 82.1 cm³/mol. The highest BCUT2D eigenvalue weighted by Gasteiger charge is 2.13. The minimum Gasteiger partial charge on any atom is -0.364 e. The van der Waals surface area contributed by atoms with Gasteiger partial charge in [-0.2, -0.15) is 4.98 Å². The molecule has 0 unspecified atom stereocenters. The van der Waals surface area contributed by atoms with E-state index >= 15 is 0 Å². The summed E-state index contributed by atoms with van der Waals surface area (Å²) in [7, 11) is 0. The van der Waals surface area contributed by atoms with Crippen LogP contribution in [0.15, 0.2) is 35.1 Å². The van der Waals surface area contributed by atoms with Crippen molar-refractivity contribution in [1.29, 1.82) is 0 Å². The second-order valence-electron chi connectivity index (χ2n) is 4.29. The molecule has 0 spiro atoms. The van der Waals surface area contributed by atoms with E-state index in [-0.39, 0.29) is 5.56 Å². The van der Waals surface area contributed by atoms with E-state index in [1.807, 2.05) is 37.3 Å². The molecule has 0 aliphatic heterocycles. The minimum atomic E-state index is -0.125. The number of hydrogen-bond acceptors (Lipinski definition) is 4. The Morgan fingerprint density at radius 1 is 1.16 bits per heavy atom. The fourth-order valence-corrected chi connectivity index (χ4v) is 3.17. The summed E-state index contributed by atoms with van der Waals surface area (Å²) in [5.74, 6) is 0. The maximum absolute atomic E-state index is 12.0. The molecule has 0 saturated heterocycles. The van der Waals surface area contributed by atoms with Crippen molar-refractivity contribution in [3.8, 4) is 10.6 Å². The van der Waals surface area contributed by atoms with Crippen molar-refractivity contribution in [2.24, 2.45) is 0 Å². The molecule has 0 bridgehead atoms. The van der Waals surface area contributed by atoms with Gasteiger partial charge in [0.1, 0.15) is 10.0 Å². The molecule has 4 heteroatoms. The van der Waals surface area contributed by atoms with Gasteiger partial charge in [0, 0.05) is 24.2 Å². The van der Waals surface area contributed by atoms with Gasteiger partial charge in [0.2, 0.25) is 0 Å². The van der Waals surface area contributed by atoms with Gasteiger partial charge in [0.05, 0.1) is 0 Å². The molecular weight excluding hydrogens is 256 g/mol. The molecule has 0 atom stereocenters. The first-order chi connectivity index (χ1) is 9.17. The minimum absolute atomic E-state index is 0.125. The van der Waals surface area contributed by atoms with Crippen molar-refractivity contribution >= 4 is 16.3 Å². The molecule has 100 valence electrons. The average molecular weight is 274 g/mol. The zero-order valence-corrected chi connectivity index (χ0v) is 12.3. The van der Waals surface area contributed by atoms with Gasteiger partial charge in [-0.15, -0.1) is 0 Å². The van der Waals surface area contributed by atoms with Crippen molar-refractivity contribution in [2.45, 2.75) is 20.8 Å². The van der Waals surface area contributed by atoms with E-state index in [1.165, 1.54) is 0 Å². The molecule has 0 amide bonds. The first-order valence-electron chi connectivity index (χ1n) is 6.49. The van der Waals surface area contributed by atoms with E-state index in [2.05, 4.69) is 23.7 Å². The number of anilines is 1. The highest BCUT2D eigenvalue weighted by atomic mass is 32.1. The molecule has 0 saturated carbocycles. The summed E-state index contributed by atoms with van der Waals surface area (Å²) >= 11 is 1.59. The Hall–Kier alpha value is -1.68. The van der Waals surface area contributed by atoms with Crippen molar-refractivity contribution in [1.82, 2.24) is 4.98 Å². The molecule has 2 aromatic rings. The van der Waals surface area contributed by atoms with Crippen molar-refractivity contribution in [3.05, 3.63) is 46.2 Å². The zero-order chi connectivity index (χ0) is 13.8. The van der Waals surface area contributed by atoms with Gasteiger partial charge in [-0.05, 0) is 20.8 Å². The Labute approximate surface area is 117 Å². The van der Waals surface area contributed by atoms with E-state index in [0.717, 1.165) is 34.2 Å². The number of aromatic nitrogens is 1. The Bertz CT molecular complexity index is 603. The maximum atomic E-state index is 12.0. The molecule has 2 rings (SSSR count). The van der Waals surface area contributed by atoms with Crippen molar-refractivity contribution < 1.29 is 0 Å². The van der Waals surface area contributed by atoms with E-state index < -0.39 is 0 Å². The summed E-state index contributed by atoms with van der Waals surface area (Å²) < 4.78 is 0. The third-order valence-electron chi connectivity index (χ3n) is 3.11. The number of benzene rings is 1. The normalized spacial score (nSPS) is 10.5. The average Bonchev–Trinajstić information content (AvgIpc) is 2.45. The first-order valence-corrected chi connectivity index (χ1v) is 7.31. The monoisotopic (exact) mass is 274 g/mol. The topological polar surface area (TPSA) is 33.2 Å². The lowest BCUT2D eigenvalue weighted by Crippen LogP contribution is -2.25. The molecule has 3 nitrogen and oxygen atoms in total. The predicted octanol–water partition coefficient (Wildman–Crippen LogP) is 3.32. The smallest absolute Gasteiger partial charge is 0.276 e. The molecule has 0 aliphatic rings. The van der Waals surface area contributed by atoms with Crippen LogP contribution in [-0.4, -0.2) is 18.1 Å². The van der Waals surface area contributed by atoms with E-state index in [1.54, 1.807) is 11.3 Å².